The van der Waals surface area contributed by atoms with E-state index in [1.54, 1.807) is 6.07 Å². The number of halogens is 2. The molecule has 7 heteroatoms. The smallest absolute Gasteiger partial charge is 0.234 e. The van der Waals surface area contributed by atoms with Gasteiger partial charge in [0.05, 0.1) is 17.2 Å². The Morgan fingerprint density at radius 1 is 0.958 bits per heavy atom. The molecule has 0 saturated heterocycles. The van der Waals surface area contributed by atoms with Crippen molar-refractivity contribution < 1.29 is 9.59 Å². The molecule has 0 heterocycles. The van der Waals surface area contributed by atoms with Crippen molar-refractivity contribution in [1.29, 1.82) is 0 Å². The standard InChI is InChI=1S/C17H16Br2N2O2S/c1-11-2-5-13(6-3-11)20-16(22)9-24-10-17(23)21-15-7-4-12(18)8-14(15)19/h2-8H,9-10H2,1H3,(H,20,22)(H,21,23). The Balaban J connectivity index is 1.73. The second kappa shape index (κ2) is 9.25. The van der Waals surface area contributed by atoms with Gasteiger partial charge in [-0.25, -0.2) is 0 Å². The molecule has 0 spiro atoms. The van der Waals surface area contributed by atoms with E-state index in [2.05, 4.69) is 42.5 Å². The maximum atomic E-state index is 11.9. The van der Waals surface area contributed by atoms with Crippen LogP contribution in [-0.4, -0.2) is 23.3 Å². The third-order valence-electron chi connectivity index (χ3n) is 3.01. The zero-order chi connectivity index (χ0) is 17.5. The SMILES string of the molecule is Cc1ccc(NC(=O)CSCC(=O)Nc2ccc(Br)cc2Br)cc1. The number of aryl methyl sites for hydroxylation is 1. The Hall–Kier alpha value is -1.31. The second-order valence-electron chi connectivity index (χ2n) is 5.08. The van der Waals surface area contributed by atoms with Gasteiger partial charge >= 0.3 is 0 Å². The van der Waals surface area contributed by atoms with E-state index in [-0.39, 0.29) is 23.3 Å². The minimum atomic E-state index is -0.147. The van der Waals surface area contributed by atoms with Crippen LogP contribution in [0.2, 0.25) is 0 Å². The Morgan fingerprint density at radius 3 is 2.21 bits per heavy atom. The molecular weight excluding hydrogens is 456 g/mol. The zero-order valence-electron chi connectivity index (χ0n) is 12.9. The largest absolute Gasteiger partial charge is 0.325 e. The van der Waals surface area contributed by atoms with Gasteiger partial charge in [-0.05, 0) is 53.2 Å². The Bertz CT molecular complexity index is 736. The molecule has 0 aliphatic rings. The summed E-state index contributed by atoms with van der Waals surface area (Å²) >= 11 is 8.03. The highest BCUT2D eigenvalue weighted by Crippen LogP contribution is 2.26. The van der Waals surface area contributed by atoms with Gasteiger partial charge in [0.25, 0.3) is 0 Å². The van der Waals surface area contributed by atoms with Crippen LogP contribution >= 0.6 is 43.6 Å². The van der Waals surface area contributed by atoms with Crippen LogP contribution in [0.15, 0.2) is 51.4 Å². The van der Waals surface area contributed by atoms with E-state index in [9.17, 15) is 9.59 Å². The summed E-state index contributed by atoms with van der Waals surface area (Å²) < 4.78 is 1.72. The number of carbonyl (C=O) groups excluding carboxylic acids is 2. The van der Waals surface area contributed by atoms with E-state index in [0.29, 0.717) is 5.69 Å². The molecule has 2 N–H and O–H groups in total. The maximum Gasteiger partial charge on any atom is 0.234 e. The lowest BCUT2D eigenvalue weighted by atomic mass is 10.2. The van der Waals surface area contributed by atoms with Gasteiger partial charge in [-0.3, -0.25) is 9.59 Å². The van der Waals surface area contributed by atoms with E-state index in [1.165, 1.54) is 11.8 Å². The average Bonchev–Trinajstić information content (AvgIpc) is 2.52. The van der Waals surface area contributed by atoms with Crippen LogP contribution in [0.3, 0.4) is 0 Å². The van der Waals surface area contributed by atoms with Crippen LogP contribution in [0.5, 0.6) is 0 Å². The van der Waals surface area contributed by atoms with Crippen molar-refractivity contribution >= 4 is 66.8 Å². The van der Waals surface area contributed by atoms with Crippen molar-refractivity contribution in [2.75, 3.05) is 22.1 Å². The van der Waals surface area contributed by atoms with Crippen LogP contribution in [0.25, 0.3) is 0 Å². The van der Waals surface area contributed by atoms with Gasteiger partial charge in [0.1, 0.15) is 0 Å². The number of carbonyl (C=O) groups is 2. The number of anilines is 2. The van der Waals surface area contributed by atoms with Crippen molar-refractivity contribution in [2.45, 2.75) is 6.92 Å². The summed E-state index contributed by atoms with van der Waals surface area (Å²) in [4.78, 5) is 23.8. The molecule has 4 nitrogen and oxygen atoms in total. The molecule has 2 aromatic rings. The van der Waals surface area contributed by atoms with Crippen LogP contribution in [0, 0.1) is 6.92 Å². The molecule has 0 saturated carbocycles. The number of hydrogen-bond acceptors (Lipinski definition) is 3. The number of benzene rings is 2. The Kier molecular flexibility index (Phi) is 7.33. The highest BCUT2D eigenvalue weighted by molar-refractivity contribution is 9.11. The number of thioether (sulfide) groups is 1. The molecular formula is C17H16Br2N2O2S. The van der Waals surface area contributed by atoms with Crippen LogP contribution in [-0.2, 0) is 9.59 Å². The third-order valence-corrected chi connectivity index (χ3v) is 5.09. The lowest BCUT2D eigenvalue weighted by Crippen LogP contribution is -2.18. The summed E-state index contributed by atoms with van der Waals surface area (Å²) in [6, 6.07) is 13.1. The Labute approximate surface area is 162 Å². The maximum absolute atomic E-state index is 11.9. The minimum Gasteiger partial charge on any atom is -0.325 e. The third kappa shape index (κ3) is 6.30. The molecule has 2 aromatic carbocycles. The highest BCUT2D eigenvalue weighted by Gasteiger charge is 2.08. The van der Waals surface area contributed by atoms with E-state index in [1.807, 2.05) is 43.3 Å². The van der Waals surface area contributed by atoms with Crippen molar-refractivity contribution in [3.63, 3.8) is 0 Å². The zero-order valence-corrected chi connectivity index (χ0v) is 16.9. The van der Waals surface area contributed by atoms with Gasteiger partial charge in [0, 0.05) is 14.6 Å². The molecule has 0 aliphatic heterocycles. The first-order chi connectivity index (χ1) is 11.4. The lowest BCUT2D eigenvalue weighted by molar-refractivity contribution is -0.114. The van der Waals surface area contributed by atoms with Gasteiger partial charge < -0.3 is 10.6 Å². The minimum absolute atomic E-state index is 0.124. The van der Waals surface area contributed by atoms with E-state index in [0.717, 1.165) is 20.2 Å². The predicted molar refractivity (Wildman–Crippen MR) is 108 cm³/mol. The Morgan fingerprint density at radius 2 is 1.58 bits per heavy atom. The number of rotatable bonds is 6. The van der Waals surface area contributed by atoms with E-state index >= 15 is 0 Å². The average molecular weight is 472 g/mol. The lowest BCUT2D eigenvalue weighted by Gasteiger charge is -2.08. The first-order valence-corrected chi connectivity index (χ1v) is 9.87. The summed E-state index contributed by atoms with van der Waals surface area (Å²) in [7, 11) is 0. The number of nitrogens with one attached hydrogen (secondary N) is 2. The van der Waals surface area contributed by atoms with E-state index in [4.69, 9.17) is 0 Å². The number of hydrogen-bond donors (Lipinski definition) is 2. The summed E-state index contributed by atoms with van der Waals surface area (Å²) in [6.07, 6.45) is 0. The van der Waals surface area contributed by atoms with Gasteiger partial charge in [-0.1, -0.05) is 33.6 Å². The molecule has 0 bridgehead atoms. The van der Waals surface area contributed by atoms with Gasteiger partial charge in [0.15, 0.2) is 0 Å². The predicted octanol–water partition coefficient (Wildman–Crippen LogP) is 4.83. The molecule has 0 atom stereocenters. The summed E-state index contributed by atoms with van der Waals surface area (Å²) in [5.41, 5.74) is 2.60. The first kappa shape index (κ1) is 19.0. The van der Waals surface area contributed by atoms with Crippen molar-refractivity contribution in [1.82, 2.24) is 0 Å². The van der Waals surface area contributed by atoms with Crippen molar-refractivity contribution in [3.8, 4) is 0 Å². The topological polar surface area (TPSA) is 58.2 Å². The fourth-order valence-corrected chi connectivity index (χ4v) is 3.61. The molecule has 0 aromatic heterocycles. The van der Waals surface area contributed by atoms with Gasteiger partial charge in [0.2, 0.25) is 11.8 Å². The normalized spacial score (nSPS) is 10.3. The molecule has 0 aliphatic carbocycles. The molecule has 24 heavy (non-hydrogen) atoms. The van der Waals surface area contributed by atoms with Crippen LogP contribution < -0.4 is 10.6 Å². The highest BCUT2D eigenvalue weighted by atomic mass is 79.9. The second-order valence-corrected chi connectivity index (χ2v) is 7.83. The molecule has 0 fully saturated rings. The van der Waals surface area contributed by atoms with Crippen LogP contribution in [0.1, 0.15) is 5.56 Å². The van der Waals surface area contributed by atoms with Gasteiger partial charge in [-0.2, -0.15) is 0 Å². The molecule has 2 rings (SSSR count). The van der Waals surface area contributed by atoms with Gasteiger partial charge in [-0.15, -0.1) is 11.8 Å². The molecule has 126 valence electrons. The fourth-order valence-electron chi connectivity index (χ4n) is 1.85. The fraction of sp³-hybridized carbons (Fsp3) is 0.176. The van der Waals surface area contributed by atoms with Crippen molar-refractivity contribution in [2.24, 2.45) is 0 Å². The molecule has 0 unspecified atom stereocenters. The van der Waals surface area contributed by atoms with E-state index < -0.39 is 0 Å². The summed E-state index contributed by atoms with van der Waals surface area (Å²) in [6.45, 7) is 1.99. The van der Waals surface area contributed by atoms with Crippen LogP contribution in [0.4, 0.5) is 11.4 Å². The molecule has 2 amide bonds. The van der Waals surface area contributed by atoms with Crippen molar-refractivity contribution in [3.05, 3.63) is 57.0 Å². The first-order valence-electron chi connectivity index (χ1n) is 7.13. The number of amides is 2. The summed E-state index contributed by atoms with van der Waals surface area (Å²) in [5, 5.41) is 5.61. The monoisotopic (exact) mass is 470 g/mol. The quantitative estimate of drug-likeness (QED) is 0.634. The summed E-state index contributed by atoms with van der Waals surface area (Å²) in [5.74, 6) is 0.166. The molecule has 0 radical (unpaired) electrons.